The zero-order valence-electron chi connectivity index (χ0n) is 14.6. The second kappa shape index (κ2) is 8.03. The van der Waals surface area contributed by atoms with Crippen LogP contribution in [0.15, 0.2) is 53.1 Å². The molecule has 0 bridgehead atoms. The number of aromatic nitrogens is 2. The van der Waals surface area contributed by atoms with Crippen LogP contribution in [-0.4, -0.2) is 22.1 Å². The summed E-state index contributed by atoms with van der Waals surface area (Å²) in [7, 11) is 2.02. The van der Waals surface area contributed by atoms with Crippen molar-refractivity contribution in [3.63, 3.8) is 0 Å². The lowest BCUT2D eigenvalue weighted by Gasteiger charge is -2.14. The van der Waals surface area contributed by atoms with Crippen molar-refractivity contribution in [1.82, 2.24) is 15.0 Å². The smallest absolute Gasteiger partial charge is 0.240 e. The number of rotatable bonds is 7. The molecular weight excluding hydrogens is 317 g/mol. The van der Waals surface area contributed by atoms with Crippen molar-refractivity contribution in [2.75, 3.05) is 7.05 Å². The molecule has 0 unspecified atom stereocenters. The summed E-state index contributed by atoms with van der Waals surface area (Å²) >= 11 is 0. The van der Waals surface area contributed by atoms with Crippen molar-refractivity contribution < 1.29 is 8.91 Å². The Balaban J connectivity index is 1.56. The fourth-order valence-electron chi connectivity index (χ4n) is 2.73. The van der Waals surface area contributed by atoms with E-state index in [1.165, 1.54) is 23.3 Å². The van der Waals surface area contributed by atoms with Gasteiger partial charge < -0.3 is 4.52 Å². The minimum atomic E-state index is -0.255. The number of nitrogens with zero attached hydrogens (tertiary/aromatic N) is 3. The molecule has 0 N–H and O–H groups in total. The average molecular weight is 339 g/mol. The molecule has 0 aliphatic carbocycles. The molecule has 0 spiro atoms. The van der Waals surface area contributed by atoms with E-state index in [4.69, 9.17) is 4.52 Å². The largest absolute Gasteiger partial charge is 0.338 e. The lowest BCUT2D eigenvalue weighted by Crippen LogP contribution is -2.17. The predicted molar refractivity (Wildman–Crippen MR) is 94.5 cm³/mol. The quantitative estimate of drug-likeness (QED) is 0.653. The van der Waals surface area contributed by atoms with Crippen LogP contribution in [0.1, 0.15) is 35.3 Å². The molecule has 3 rings (SSSR count). The first-order valence-electron chi connectivity index (χ1n) is 8.44. The molecule has 0 aliphatic rings. The van der Waals surface area contributed by atoms with E-state index < -0.39 is 0 Å². The highest BCUT2D eigenvalue weighted by Gasteiger charge is 2.10. The molecule has 130 valence electrons. The third kappa shape index (κ3) is 4.97. The zero-order valence-corrected chi connectivity index (χ0v) is 14.6. The van der Waals surface area contributed by atoms with E-state index in [9.17, 15) is 4.39 Å². The summed E-state index contributed by atoms with van der Waals surface area (Å²) in [6.07, 6.45) is 1.51. The maximum Gasteiger partial charge on any atom is 0.240 e. The lowest BCUT2D eigenvalue weighted by atomic mass is 10.1. The topological polar surface area (TPSA) is 42.2 Å². The van der Waals surface area contributed by atoms with E-state index in [2.05, 4.69) is 46.2 Å². The fraction of sp³-hybridized carbons (Fsp3) is 0.300. The zero-order chi connectivity index (χ0) is 17.6. The number of halogens is 1. The SMILES string of the molecule is CCc1ccc(CN(C)Cc2nc(Cc3cccc(F)c3)no2)cc1. The summed E-state index contributed by atoms with van der Waals surface area (Å²) in [6, 6.07) is 15.1. The minimum absolute atomic E-state index is 0.255. The molecule has 1 aromatic heterocycles. The molecular formula is C20H22FN3O. The number of hydrogen-bond donors (Lipinski definition) is 0. The van der Waals surface area contributed by atoms with Gasteiger partial charge in [0.15, 0.2) is 5.82 Å². The predicted octanol–water partition coefficient (Wildman–Crippen LogP) is 3.99. The van der Waals surface area contributed by atoms with E-state index in [1.54, 1.807) is 6.07 Å². The minimum Gasteiger partial charge on any atom is -0.338 e. The van der Waals surface area contributed by atoms with Crippen molar-refractivity contribution >= 4 is 0 Å². The Morgan fingerprint density at radius 2 is 1.76 bits per heavy atom. The summed E-state index contributed by atoms with van der Waals surface area (Å²) in [4.78, 5) is 6.53. The first kappa shape index (κ1) is 17.3. The molecule has 0 fully saturated rings. The first-order chi connectivity index (χ1) is 12.1. The molecule has 0 saturated carbocycles. The third-order valence-corrected chi connectivity index (χ3v) is 4.05. The molecule has 3 aromatic rings. The molecule has 0 saturated heterocycles. The molecule has 25 heavy (non-hydrogen) atoms. The fourth-order valence-corrected chi connectivity index (χ4v) is 2.73. The van der Waals surface area contributed by atoms with Gasteiger partial charge >= 0.3 is 0 Å². The van der Waals surface area contributed by atoms with Gasteiger partial charge in [0.25, 0.3) is 0 Å². The van der Waals surface area contributed by atoms with Crippen LogP contribution in [0, 0.1) is 5.82 Å². The Labute approximate surface area is 147 Å². The first-order valence-corrected chi connectivity index (χ1v) is 8.44. The van der Waals surface area contributed by atoms with Crippen LogP contribution in [0.4, 0.5) is 4.39 Å². The van der Waals surface area contributed by atoms with Gasteiger partial charge in [-0.2, -0.15) is 4.98 Å². The van der Waals surface area contributed by atoms with Crippen LogP contribution in [0.3, 0.4) is 0 Å². The molecule has 4 nitrogen and oxygen atoms in total. The van der Waals surface area contributed by atoms with Gasteiger partial charge in [0.2, 0.25) is 5.89 Å². The summed E-state index contributed by atoms with van der Waals surface area (Å²) < 4.78 is 18.5. The van der Waals surface area contributed by atoms with E-state index in [-0.39, 0.29) is 5.82 Å². The summed E-state index contributed by atoms with van der Waals surface area (Å²) in [5, 5.41) is 3.99. The second-order valence-corrected chi connectivity index (χ2v) is 6.25. The molecule has 1 heterocycles. The number of hydrogen-bond acceptors (Lipinski definition) is 4. The normalized spacial score (nSPS) is 11.2. The van der Waals surface area contributed by atoms with Crippen LogP contribution in [0.2, 0.25) is 0 Å². The molecule has 0 amide bonds. The van der Waals surface area contributed by atoms with Crippen LogP contribution in [0.25, 0.3) is 0 Å². The van der Waals surface area contributed by atoms with Crippen molar-refractivity contribution in [2.24, 2.45) is 0 Å². The van der Waals surface area contributed by atoms with E-state index in [0.717, 1.165) is 18.5 Å². The maximum absolute atomic E-state index is 13.2. The standard InChI is InChI=1S/C20H22FN3O/c1-3-15-7-9-16(10-8-15)13-24(2)14-20-22-19(23-25-20)12-17-5-4-6-18(21)11-17/h4-11H,3,12-14H2,1-2H3. The van der Waals surface area contributed by atoms with Crippen LogP contribution in [0.5, 0.6) is 0 Å². The van der Waals surface area contributed by atoms with Gasteiger partial charge in [-0.15, -0.1) is 0 Å². The van der Waals surface area contributed by atoms with Gasteiger partial charge in [-0.1, -0.05) is 48.5 Å². The van der Waals surface area contributed by atoms with Crippen LogP contribution >= 0.6 is 0 Å². The van der Waals surface area contributed by atoms with E-state index in [0.29, 0.717) is 24.7 Å². The van der Waals surface area contributed by atoms with Gasteiger partial charge in [0, 0.05) is 13.0 Å². The highest BCUT2D eigenvalue weighted by molar-refractivity contribution is 5.22. The van der Waals surface area contributed by atoms with Gasteiger partial charge in [0.1, 0.15) is 5.82 Å². The van der Waals surface area contributed by atoms with Gasteiger partial charge in [-0.3, -0.25) is 4.90 Å². The Bertz CT molecular complexity index is 814. The lowest BCUT2D eigenvalue weighted by molar-refractivity contribution is 0.260. The van der Waals surface area contributed by atoms with Gasteiger partial charge in [-0.25, -0.2) is 4.39 Å². The average Bonchev–Trinajstić information content (AvgIpc) is 3.02. The Kier molecular flexibility index (Phi) is 5.56. The summed E-state index contributed by atoms with van der Waals surface area (Å²) in [5.74, 6) is 0.885. The Hall–Kier alpha value is -2.53. The highest BCUT2D eigenvalue weighted by atomic mass is 19.1. The van der Waals surface area contributed by atoms with Crippen molar-refractivity contribution in [2.45, 2.75) is 32.9 Å². The highest BCUT2D eigenvalue weighted by Crippen LogP contribution is 2.12. The van der Waals surface area contributed by atoms with Crippen LogP contribution in [-0.2, 0) is 25.9 Å². The molecule has 0 atom stereocenters. The second-order valence-electron chi connectivity index (χ2n) is 6.25. The third-order valence-electron chi connectivity index (χ3n) is 4.05. The monoisotopic (exact) mass is 339 g/mol. The summed E-state index contributed by atoms with van der Waals surface area (Å²) in [5.41, 5.74) is 3.42. The van der Waals surface area contributed by atoms with Gasteiger partial charge in [-0.05, 0) is 42.3 Å². The molecule has 0 radical (unpaired) electrons. The van der Waals surface area contributed by atoms with Crippen molar-refractivity contribution in [1.29, 1.82) is 0 Å². The maximum atomic E-state index is 13.2. The molecule has 2 aromatic carbocycles. The van der Waals surface area contributed by atoms with Gasteiger partial charge in [0.05, 0.1) is 6.54 Å². The molecule has 0 aliphatic heterocycles. The van der Waals surface area contributed by atoms with E-state index in [1.807, 2.05) is 13.1 Å². The van der Waals surface area contributed by atoms with E-state index >= 15 is 0 Å². The van der Waals surface area contributed by atoms with Crippen molar-refractivity contribution in [3.8, 4) is 0 Å². The van der Waals surface area contributed by atoms with Crippen LogP contribution < -0.4 is 0 Å². The Morgan fingerprint density at radius 3 is 2.48 bits per heavy atom. The molecule has 5 heteroatoms. The van der Waals surface area contributed by atoms with Crippen molar-refractivity contribution in [3.05, 3.63) is 82.8 Å². The Morgan fingerprint density at radius 1 is 1.00 bits per heavy atom. The number of aryl methyl sites for hydroxylation is 1. The summed E-state index contributed by atoms with van der Waals surface area (Å²) in [6.45, 7) is 3.54. The number of benzene rings is 2.